The first-order valence-electron chi connectivity index (χ1n) is 5.81. The lowest BCUT2D eigenvalue weighted by Crippen LogP contribution is -2.29. The van der Waals surface area contributed by atoms with E-state index in [0.717, 1.165) is 0 Å². The standard InChI is InChI=1S/C12H11N5O3/c13-14-11(18)8-5-9(20-7-8)6-17-12(19)16-4-2-1-3-10(16)15-17/h1-5,7H,6,13H2,(H,14,18). The zero-order valence-corrected chi connectivity index (χ0v) is 10.3. The molecule has 20 heavy (non-hydrogen) atoms. The van der Waals surface area contributed by atoms with Gasteiger partial charge in [-0.3, -0.25) is 14.6 Å². The van der Waals surface area contributed by atoms with Gasteiger partial charge in [-0.1, -0.05) is 6.07 Å². The van der Waals surface area contributed by atoms with Crippen LogP contribution in [0.25, 0.3) is 5.65 Å². The molecule has 0 unspecified atom stereocenters. The number of nitrogens with one attached hydrogen (secondary N) is 1. The molecule has 3 N–H and O–H groups in total. The van der Waals surface area contributed by atoms with Crippen molar-refractivity contribution in [1.29, 1.82) is 0 Å². The van der Waals surface area contributed by atoms with E-state index in [4.69, 9.17) is 10.3 Å². The highest BCUT2D eigenvalue weighted by atomic mass is 16.3. The lowest BCUT2D eigenvalue weighted by atomic mass is 10.3. The highest BCUT2D eigenvalue weighted by Gasteiger charge is 2.12. The largest absolute Gasteiger partial charge is 0.467 e. The average molecular weight is 273 g/mol. The summed E-state index contributed by atoms with van der Waals surface area (Å²) < 4.78 is 7.91. The van der Waals surface area contributed by atoms with E-state index in [-0.39, 0.29) is 12.2 Å². The van der Waals surface area contributed by atoms with Crippen molar-refractivity contribution in [3.8, 4) is 0 Å². The summed E-state index contributed by atoms with van der Waals surface area (Å²) in [6.45, 7) is 0.137. The molecular formula is C12H11N5O3. The highest BCUT2D eigenvalue weighted by molar-refractivity contribution is 5.93. The van der Waals surface area contributed by atoms with Gasteiger partial charge in [-0.15, -0.1) is 5.10 Å². The minimum Gasteiger partial charge on any atom is -0.467 e. The molecule has 1 amide bonds. The molecule has 0 aliphatic rings. The van der Waals surface area contributed by atoms with Crippen LogP contribution in [0.3, 0.4) is 0 Å². The number of nitrogens with two attached hydrogens (primary N) is 1. The van der Waals surface area contributed by atoms with Gasteiger partial charge in [0, 0.05) is 6.20 Å². The van der Waals surface area contributed by atoms with Gasteiger partial charge < -0.3 is 4.42 Å². The van der Waals surface area contributed by atoms with Crippen molar-refractivity contribution in [1.82, 2.24) is 19.6 Å². The Morgan fingerprint density at radius 1 is 1.45 bits per heavy atom. The molecule has 0 radical (unpaired) electrons. The van der Waals surface area contributed by atoms with Gasteiger partial charge in [-0.25, -0.2) is 15.3 Å². The predicted octanol–water partition coefficient (Wildman–Crippen LogP) is -0.259. The molecule has 0 saturated carbocycles. The summed E-state index contributed by atoms with van der Waals surface area (Å²) in [6.07, 6.45) is 2.91. The number of amides is 1. The van der Waals surface area contributed by atoms with Crippen LogP contribution in [0.5, 0.6) is 0 Å². The molecule has 8 nitrogen and oxygen atoms in total. The second-order valence-electron chi connectivity index (χ2n) is 4.14. The van der Waals surface area contributed by atoms with Crippen LogP contribution in [-0.2, 0) is 6.54 Å². The van der Waals surface area contributed by atoms with Gasteiger partial charge >= 0.3 is 5.69 Å². The van der Waals surface area contributed by atoms with Crippen LogP contribution in [0.4, 0.5) is 0 Å². The third-order valence-corrected chi connectivity index (χ3v) is 2.84. The summed E-state index contributed by atoms with van der Waals surface area (Å²) in [5.74, 6) is 5.01. The fourth-order valence-electron chi connectivity index (χ4n) is 1.88. The lowest BCUT2D eigenvalue weighted by Gasteiger charge is -1.94. The van der Waals surface area contributed by atoms with Crippen LogP contribution in [-0.4, -0.2) is 20.1 Å². The smallest absolute Gasteiger partial charge is 0.350 e. The number of carbonyl (C=O) groups is 1. The summed E-state index contributed by atoms with van der Waals surface area (Å²) in [4.78, 5) is 23.4. The van der Waals surface area contributed by atoms with Gasteiger partial charge in [0.25, 0.3) is 5.91 Å². The van der Waals surface area contributed by atoms with Crippen LogP contribution in [0.1, 0.15) is 16.1 Å². The van der Waals surface area contributed by atoms with Gasteiger partial charge in [-0.05, 0) is 18.2 Å². The number of rotatable bonds is 3. The Balaban J connectivity index is 1.93. The Hall–Kier alpha value is -2.87. The van der Waals surface area contributed by atoms with Crippen molar-refractivity contribution in [2.45, 2.75) is 6.54 Å². The van der Waals surface area contributed by atoms with Crippen LogP contribution in [0, 0.1) is 0 Å². The summed E-state index contributed by atoms with van der Waals surface area (Å²) in [7, 11) is 0. The van der Waals surface area contributed by atoms with E-state index in [1.165, 1.54) is 21.4 Å². The first-order chi connectivity index (χ1) is 9.69. The van der Waals surface area contributed by atoms with E-state index < -0.39 is 5.91 Å². The van der Waals surface area contributed by atoms with Crippen molar-refractivity contribution in [2.75, 3.05) is 0 Å². The molecule has 0 atom stereocenters. The fraction of sp³-hybridized carbons (Fsp3) is 0.0833. The number of carbonyl (C=O) groups excluding carboxylic acids is 1. The first-order valence-corrected chi connectivity index (χ1v) is 5.81. The first kappa shape index (κ1) is 12.2. The minimum absolute atomic E-state index is 0.137. The second-order valence-corrected chi connectivity index (χ2v) is 4.14. The summed E-state index contributed by atoms with van der Waals surface area (Å²) >= 11 is 0. The SMILES string of the molecule is NNC(=O)c1coc(Cn2nc3ccccn3c2=O)c1. The Kier molecular flexibility index (Phi) is 2.84. The van der Waals surface area contributed by atoms with E-state index in [2.05, 4.69) is 5.10 Å². The molecule has 3 aromatic heterocycles. The lowest BCUT2D eigenvalue weighted by molar-refractivity contribution is 0.0953. The molecule has 3 aromatic rings. The monoisotopic (exact) mass is 273 g/mol. The number of hydrogen-bond acceptors (Lipinski definition) is 5. The molecule has 3 heterocycles. The molecule has 8 heteroatoms. The van der Waals surface area contributed by atoms with Gasteiger partial charge in [0.1, 0.15) is 18.6 Å². The van der Waals surface area contributed by atoms with Crippen LogP contribution < -0.4 is 17.0 Å². The van der Waals surface area contributed by atoms with Crippen LogP contribution in [0.2, 0.25) is 0 Å². The third kappa shape index (κ3) is 1.97. The van der Waals surface area contributed by atoms with E-state index in [9.17, 15) is 9.59 Å². The zero-order valence-electron chi connectivity index (χ0n) is 10.3. The molecule has 0 fully saturated rings. The number of nitrogens with zero attached hydrogens (tertiary/aromatic N) is 3. The second kappa shape index (κ2) is 4.67. The van der Waals surface area contributed by atoms with Gasteiger partial charge in [0.15, 0.2) is 5.65 Å². The Morgan fingerprint density at radius 2 is 2.30 bits per heavy atom. The van der Waals surface area contributed by atoms with E-state index >= 15 is 0 Å². The Bertz CT molecular complexity index is 829. The van der Waals surface area contributed by atoms with E-state index in [1.807, 2.05) is 5.43 Å². The fourth-order valence-corrected chi connectivity index (χ4v) is 1.88. The number of nitrogen functional groups attached to an aromatic ring is 1. The maximum atomic E-state index is 12.1. The Morgan fingerprint density at radius 3 is 3.05 bits per heavy atom. The number of hydrogen-bond donors (Lipinski definition) is 2. The third-order valence-electron chi connectivity index (χ3n) is 2.84. The summed E-state index contributed by atoms with van der Waals surface area (Å²) in [5.41, 5.74) is 2.56. The van der Waals surface area contributed by atoms with E-state index in [0.29, 0.717) is 17.0 Å². The number of hydrazine groups is 1. The van der Waals surface area contributed by atoms with Gasteiger partial charge in [0.05, 0.1) is 5.56 Å². The van der Waals surface area contributed by atoms with Crippen LogP contribution in [0.15, 0.2) is 45.9 Å². The van der Waals surface area contributed by atoms with Crippen molar-refractivity contribution >= 4 is 11.6 Å². The number of fused-ring (bicyclic) bond motifs is 1. The molecule has 0 spiro atoms. The zero-order chi connectivity index (χ0) is 14.1. The number of aromatic nitrogens is 3. The van der Waals surface area contributed by atoms with Crippen LogP contribution >= 0.6 is 0 Å². The van der Waals surface area contributed by atoms with Crippen molar-refractivity contribution in [3.05, 3.63) is 58.5 Å². The van der Waals surface area contributed by atoms with Gasteiger partial charge in [-0.2, -0.15) is 0 Å². The van der Waals surface area contributed by atoms with E-state index in [1.54, 1.807) is 24.4 Å². The number of furan rings is 1. The molecule has 0 aromatic carbocycles. The average Bonchev–Trinajstić information content (AvgIpc) is 3.05. The molecule has 0 saturated heterocycles. The van der Waals surface area contributed by atoms with Crippen molar-refractivity contribution < 1.29 is 9.21 Å². The predicted molar refractivity (Wildman–Crippen MR) is 68.9 cm³/mol. The molecule has 3 rings (SSSR count). The highest BCUT2D eigenvalue weighted by Crippen LogP contribution is 2.08. The molecule has 0 aliphatic carbocycles. The topological polar surface area (TPSA) is 108 Å². The maximum absolute atomic E-state index is 12.1. The Labute approximate surface area is 112 Å². The summed E-state index contributed by atoms with van der Waals surface area (Å²) in [5, 5.41) is 4.16. The van der Waals surface area contributed by atoms with Gasteiger partial charge in [0.2, 0.25) is 0 Å². The maximum Gasteiger partial charge on any atom is 0.350 e. The van der Waals surface area contributed by atoms with Crippen molar-refractivity contribution in [2.24, 2.45) is 5.84 Å². The number of pyridine rings is 1. The minimum atomic E-state index is -0.456. The molecular weight excluding hydrogens is 262 g/mol. The normalized spacial score (nSPS) is 10.8. The quantitative estimate of drug-likeness (QED) is 0.388. The molecule has 102 valence electrons. The molecule has 0 bridgehead atoms. The van der Waals surface area contributed by atoms with Crippen molar-refractivity contribution in [3.63, 3.8) is 0 Å². The molecule has 0 aliphatic heterocycles. The summed E-state index contributed by atoms with van der Waals surface area (Å²) in [6, 6.07) is 6.78.